The molecular formula is C17H16N4O3. The Kier molecular flexibility index (Phi) is 4.15. The Morgan fingerprint density at radius 3 is 2.38 bits per heavy atom. The maximum absolute atomic E-state index is 12.1. The fraction of sp³-hybridized carbons (Fsp3) is 0.118. The van der Waals surface area contributed by atoms with Gasteiger partial charge in [0.25, 0.3) is 11.8 Å². The highest BCUT2D eigenvalue weighted by Crippen LogP contribution is 2.13. The van der Waals surface area contributed by atoms with E-state index in [0.29, 0.717) is 22.6 Å². The number of carbonyl (C=O) groups excluding carboxylic acids is 2. The van der Waals surface area contributed by atoms with Gasteiger partial charge in [0.1, 0.15) is 11.5 Å². The highest BCUT2D eigenvalue weighted by Gasteiger charge is 2.14. The zero-order chi connectivity index (χ0) is 17.1. The standard InChI is InChI=1S/C17H16N4O3/c1-11-9-15(12(2)24-11)17(23)20-19-16(22)13-3-5-14(6-4-13)21-8-7-18-10-21/h3-10H,1-2H3,(H,19,22)(H,20,23). The smallest absolute Gasteiger partial charge is 0.273 e. The lowest BCUT2D eigenvalue weighted by molar-refractivity contribution is 0.0845. The SMILES string of the molecule is Cc1cc(C(=O)NNC(=O)c2ccc(-n3ccnc3)cc2)c(C)o1. The van der Waals surface area contributed by atoms with Crippen LogP contribution in [0.3, 0.4) is 0 Å². The van der Waals surface area contributed by atoms with Gasteiger partial charge < -0.3 is 8.98 Å². The van der Waals surface area contributed by atoms with Crippen molar-refractivity contribution in [2.45, 2.75) is 13.8 Å². The number of nitrogens with one attached hydrogen (secondary N) is 2. The van der Waals surface area contributed by atoms with Gasteiger partial charge in [0, 0.05) is 23.6 Å². The lowest BCUT2D eigenvalue weighted by Gasteiger charge is -2.08. The van der Waals surface area contributed by atoms with Crippen LogP contribution in [0.25, 0.3) is 5.69 Å². The van der Waals surface area contributed by atoms with Crippen molar-refractivity contribution in [2.75, 3.05) is 0 Å². The van der Waals surface area contributed by atoms with Crippen molar-refractivity contribution in [3.8, 4) is 5.69 Å². The summed E-state index contributed by atoms with van der Waals surface area (Å²) in [6.45, 7) is 3.45. The average molecular weight is 324 g/mol. The molecule has 2 heterocycles. The van der Waals surface area contributed by atoms with Gasteiger partial charge in [-0.25, -0.2) is 4.98 Å². The number of hydrogen-bond donors (Lipinski definition) is 2. The topological polar surface area (TPSA) is 89.2 Å². The molecule has 1 aromatic carbocycles. The van der Waals surface area contributed by atoms with Gasteiger partial charge in [-0.05, 0) is 44.2 Å². The Balaban J connectivity index is 1.63. The lowest BCUT2D eigenvalue weighted by Crippen LogP contribution is -2.41. The van der Waals surface area contributed by atoms with Crippen molar-refractivity contribution in [3.63, 3.8) is 0 Å². The summed E-state index contributed by atoms with van der Waals surface area (Å²) in [6, 6.07) is 8.55. The fourth-order valence-electron chi connectivity index (χ4n) is 2.31. The number of benzene rings is 1. The van der Waals surface area contributed by atoms with E-state index in [1.807, 2.05) is 10.8 Å². The monoisotopic (exact) mass is 324 g/mol. The van der Waals surface area contributed by atoms with Crippen LogP contribution in [0.5, 0.6) is 0 Å². The summed E-state index contributed by atoms with van der Waals surface area (Å²) in [5.74, 6) is 0.314. The van der Waals surface area contributed by atoms with Crippen LogP contribution >= 0.6 is 0 Å². The van der Waals surface area contributed by atoms with Crippen molar-refractivity contribution in [1.82, 2.24) is 20.4 Å². The number of hydrogen-bond acceptors (Lipinski definition) is 4. The Morgan fingerprint density at radius 1 is 1.08 bits per heavy atom. The van der Waals surface area contributed by atoms with Crippen LogP contribution < -0.4 is 10.9 Å². The summed E-state index contributed by atoms with van der Waals surface area (Å²) < 4.78 is 7.12. The van der Waals surface area contributed by atoms with E-state index in [1.54, 1.807) is 56.7 Å². The minimum absolute atomic E-state index is 0.392. The van der Waals surface area contributed by atoms with Crippen LogP contribution in [0.2, 0.25) is 0 Å². The normalized spacial score (nSPS) is 10.4. The van der Waals surface area contributed by atoms with Gasteiger partial charge in [-0.3, -0.25) is 20.4 Å². The van der Waals surface area contributed by atoms with E-state index in [4.69, 9.17) is 4.42 Å². The minimum atomic E-state index is -0.423. The molecule has 2 aromatic heterocycles. The molecule has 24 heavy (non-hydrogen) atoms. The van der Waals surface area contributed by atoms with Crippen molar-refractivity contribution >= 4 is 11.8 Å². The predicted octanol–water partition coefficient (Wildman–Crippen LogP) is 2.16. The quantitative estimate of drug-likeness (QED) is 0.723. The van der Waals surface area contributed by atoms with Crippen LogP contribution in [0.1, 0.15) is 32.2 Å². The molecule has 0 aliphatic heterocycles. The predicted molar refractivity (Wildman–Crippen MR) is 86.7 cm³/mol. The number of imidazole rings is 1. The second kappa shape index (κ2) is 6.41. The molecule has 0 bridgehead atoms. The highest BCUT2D eigenvalue weighted by atomic mass is 16.3. The van der Waals surface area contributed by atoms with Crippen LogP contribution in [0.4, 0.5) is 0 Å². The van der Waals surface area contributed by atoms with Gasteiger partial charge in [0.05, 0.1) is 11.9 Å². The summed E-state index contributed by atoms with van der Waals surface area (Å²) in [5.41, 5.74) is 6.48. The van der Waals surface area contributed by atoms with Gasteiger partial charge in [-0.1, -0.05) is 0 Å². The third kappa shape index (κ3) is 3.19. The summed E-state index contributed by atoms with van der Waals surface area (Å²) in [5, 5.41) is 0. The van der Waals surface area contributed by atoms with Crippen molar-refractivity contribution < 1.29 is 14.0 Å². The lowest BCUT2D eigenvalue weighted by atomic mass is 10.2. The van der Waals surface area contributed by atoms with Crippen LogP contribution in [-0.2, 0) is 0 Å². The Hall–Kier alpha value is -3.35. The maximum Gasteiger partial charge on any atom is 0.273 e. The Bertz CT molecular complexity index is 864. The van der Waals surface area contributed by atoms with Crippen LogP contribution in [-0.4, -0.2) is 21.4 Å². The number of rotatable bonds is 3. The third-order valence-electron chi connectivity index (χ3n) is 3.51. The third-order valence-corrected chi connectivity index (χ3v) is 3.51. The van der Waals surface area contributed by atoms with Gasteiger partial charge in [-0.15, -0.1) is 0 Å². The number of aromatic nitrogens is 2. The van der Waals surface area contributed by atoms with Crippen molar-refractivity contribution in [3.05, 3.63) is 71.7 Å². The Labute approximate surface area is 138 Å². The van der Waals surface area contributed by atoms with E-state index in [2.05, 4.69) is 15.8 Å². The second-order valence-electron chi connectivity index (χ2n) is 5.25. The first-order chi connectivity index (χ1) is 11.5. The van der Waals surface area contributed by atoms with Gasteiger partial charge in [0.15, 0.2) is 0 Å². The van der Waals surface area contributed by atoms with E-state index in [0.717, 1.165) is 5.69 Å². The molecule has 3 rings (SSSR count). The zero-order valence-corrected chi connectivity index (χ0v) is 13.2. The highest BCUT2D eigenvalue weighted by molar-refractivity contribution is 5.99. The summed E-state index contributed by atoms with van der Waals surface area (Å²) in [7, 11) is 0. The molecule has 0 radical (unpaired) electrons. The molecule has 0 aliphatic rings. The van der Waals surface area contributed by atoms with E-state index in [9.17, 15) is 9.59 Å². The molecule has 0 saturated heterocycles. The van der Waals surface area contributed by atoms with Crippen molar-refractivity contribution in [1.29, 1.82) is 0 Å². The van der Waals surface area contributed by atoms with E-state index in [-0.39, 0.29) is 0 Å². The summed E-state index contributed by atoms with van der Waals surface area (Å²) in [4.78, 5) is 28.1. The molecule has 0 unspecified atom stereocenters. The number of amides is 2. The van der Waals surface area contributed by atoms with Crippen LogP contribution in [0, 0.1) is 13.8 Å². The van der Waals surface area contributed by atoms with Gasteiger partial charge in [0.2, 0.25) is 0 Å². The van der Waals surface area contributed by atoms with Crippen molar-refractivity contribution in [2.24, 2.45) is 0 Å². The molecule has 2 N–H and O–H groups in total. The molecule has 7 nitrogen and oxygen atoms in total. The number of aryl methyl sites for hydroxylation is 2. The molecule has 0 fully saturated rings. The number of hydrazine groups is 1. The first-order valence-corrected chi connectivity index (χ1v) is 7.30. The summed E-state index contributed by atoms with van der Waals surface area (Å²) >= 11 is 0. The Morgan fingerprint density at radius 2 is 1.79 bits per heavy atom. The van der Waals surface area contributed by atoms with E-state index < -0.39 is 11.8 Å². The average Bonchev–Trinajstić information content (AvgIpc) is 3.22. The molecule has 7 heteroatoms. The molecular weight excluding hydrogens is 308 g/mol. The van der Waals surface area contributed by atoms with E-state index >= 15 is 0 Å². The molecule has 0 saturated carbocycles. The molecule has 0 aliphatic carbocycles. The fourth-order valence-corrected chi connectivity index (χ4v) is 2.31. The second-order valence-corrected chi connectivity index (χ2v) is 5.25. The summed E-state index contributed by atoms with van der Waals surface area (Å²) in [6.07, 6.45) is 5.16. The molecule has 3 aromatic rings. The number of furan rings is 1. The van der Waals surface area contributed by atoms with Crippen LogP contribution in [0.15, 0.2) is 53.5 Å². The molecule has 0 spiro atoms. The van der Waals surface area contributed by atoms with E-state index in [1.165, 1.54) is 0 Å². The number of nitrogens with zero attached hydrogens (tertiary/aromatic N) is 2. The molecule has 2 amide bonds. The van der Waals surface area contributed by atoms with Gasteiger partial charge >= 0.3 is 0 Å². The minimum Gasteiger partial charge on any atom is -0.466 e. The molecule has 0 atom stereocenters. The maximum atomic E-state index is 12.1. The van der Waals surface area contributed by atoms with Gasteiger partial charge in [-0.2, -0.15) is 0 Å². The molecule has 122 valence electrons. The first-order valence-electron chi connectivity index (χ1n) is 7.30. The number of carbonyl (C=O) groups is 2. The zero-order valence-electron chi connectivity index (χ0n) is 13.2. The largest absolute Gasteiger partial charge is 0.466 e. The first kappa shape index (κ1) is 15.5.